The van der Waals surface area contributed by atoms with Gasteiger partial charge in [-0.3, -0.25) is 4.79 Å². The van der Waals surface area contributed by atoms with Gasteiger partial charge in [-0.05, 0) is 37.0 Å². The van der Waals surface area contributed by atoms with Crippen LogP contribution < -0.4 is 4.74 Å². The minimum absolute atomic E-state index is 0.160. The first kappa shape index (κ1) is 14.5. The van der Waals surface area contributed by atoms with Crippen LogP contribution in [-0.4, -0.2) is 31.4 Å². The second-order valence-corrected chi connectivity index (χ2v) is 4.00. The Morgan fingerprint density at radius 2 is 1.94 bits per heavy atom. The molecule has 0 bridgehead atoms. The van der Waals surface area contributed by atoms with Gasteiger partial charge in [0.2, 0.25) is 0 Å². The molecule has 0 aliphatic rings. The fourth-order valence-corrected chi connectivity index (χ4v) is 1.54. The predicted octanol–water partition coefficient (Wildman–Crippen LogP) is 1.94. The molecule has 18 heavy (non-hydrogen) atoms. The van der Waals surface area contributed by atoms with Crippen LogP contribution in [0.4, 0.5) is 0 Å². The fraction of sp³-hybridized carbons (Fsp3) is 0.500. The normalized spacial score (nSPS) is 10.1. The number of aliphatic hydroxyl groups excluding tert-OH is 1. The van der Waals surface area contributed by atoms with Gasteiger partial charge in [-0.1, -0.05) is 12.1 Å². The van der Waals surface area contributed by atoms with Crippen molar-refractivity contribution in [2.45, 2.75) is 25.7 Å². The van der Waals surface area contributed by atoms with Crippen LogP contribution in [0.25, 0.3) is 0 Å². The van der Waals surface area contributed by atoms with Crippen LogP contribution in [0.3, 0.4) is 0 Å². The standard InChI is InChI=1S/C14H20O4/c1-17-14(16)4-2-3-11-18-13-7-5-12(6-8-13)9-10-15/h5-8,15H,2-4,9-11H2,1H3. The van der Waals surface area contributed by atoms with Gasteiger partial charge < -0.3 is 14.6 Å². The van der Waals surface area contributed by atoms with Gasteiger partial charge in [0.1, 0.15) is 5.75 Å². The van der Waals surface area contributed by atoms with Gasteiger partial charge >= 0.3 is 5.97 Å². The van der Waals surface area contributed by atoms with Crippen LogP contribution in [0.15, 0.2) is 24.3 Å². The quantitative estimate of drug-likeness (QED) is 0.567. The Morgan fingerprint density at radius 1 is 1.22 bits per heavy atom. The molecular formula is C14H20O4. The zero-order valence-electron chi connectivity index (χ0n) is 10.7. The number of carbonyl (C=O) groups is 1. The van der Waals surface area contributed by atoms with Crippen LogP contribution in [0.2, 0.25) is 0 Å². The Balaban J connectivity index is 2.17. The second kappa shape index (κ2) is 8.53. The molecule has 4 heteroatoms. The second-order valence-electron chi connectivity index (χ2n) is 4.00. The van der Waals surface area contributed by atoms with E-state index < -0.39 is 0 Å². The Morgan fingerprint density at radius 3 is 2.56 bits per heavy atom. The van der Waals surface area contributed by atoms with Gasteiger partial charge in [-0.2, -0.15) is 0 Å². The SMILES string of the molecule is COC(=O)CCCCOc1ccc(CCO)cc1. The van der Waals surface area contributed by atoms with Crippen molar-refractivity contribution in [2.75, 3.05) is 20.3 Å². The molecule has 0 spiro atoms. The molecule has 0 aromatic heterocycles. The van der Waals surface area contributed by atoms with Crippen molar-refractivity contribution in [2.24, 2.45) is 0 Å². The van der Waals surface area contributed by atoms with E-state index in [1.807, 2.05) is 24.3 Å². The van der Waals surface area contributed by atoms with E-state index in [9.17, 15) is 4.79 Å². The van der Waals surface area contributed by atoms with Crippen molar-refractivity contribution in [1.29, 1.82) is 0 Å². The van der Waals surface area contributed by atoms with Gasteiger partial charge in [0.05, 0.1) is 13.7 Å². The molecule has 1 rings (SSSR count). The molecule has 0 amide bonds. The zero-order chi connectivity index (χ0) is 13.2. The van der Waals surface area contributed by atoms with E-state index in [0.29, 0.717) is 19.4 Å². The number of methoxy groups -OCH3 is 1. The first-order chi connectivity index (χ1) is 8.76. The highest BCUT2D eigenvalue weighted by atomic mass is 16.5. The lowest BCUT2D eigenvalue weighted by atomic mass is 10.1. The van der Waals surface area contributed by atoms with Crippen LogP contribution in [0.5, 0.6) is 5.75 Å². The first-order valence-electron chi connectivity index (χ1n) is 6.15. The molecule has 4 nitrogen and oxygen atoms in total. The summed E-state index contributed by atoms with van der Waals surface area (Å²) in [6.45, 7) is 0.754. The highest BCUT2D eigenvalue weighted by Gasteiger charge is 2.00. The number of unbranched alkanes of at least 4 members (excludes halogenated alkanes) is 1. The molecule has 0 heterocycles. The third-order valence-electron chi connectivity index (χ3n) is 2.60. The van der Waals surface area contributed by atoms with Crippen molar-refractivity contribution in [3.8, 4) is 5.75 Å². The number of carbonyl (C=O) groups excluding carboxylic acids is 1. The number of aliphatic hydroxyl groups is 1. The molecule has 1 N–H and O–H groups in total. The molecule has 1 aromatic carbocycles. The van der Waals surface area contributed by atoms with Gasteiger partial charge in [0.15, 0.2) is 0 Å². The third-order valence-corrected chi connectivity index (χ3v) is 2.60. The van der Waals surface area contributed by atoms with E-state index in [0.717, 1.165) is 24.2 Å². The number of ether oxygens (including phenoxy) is 2. The summed E-state index contributed by atoms with van der Waals surface area (Å²) in [6, 6.07) is 7.68. The van der Waals surface area contributed by atoms with Crippen LogP contribution in [0, 0.1) is 0 Å². The average molecular weight is 252 g/mol. The maximum Gasteiger partial charge on any atom is 0.305 e. The zero-order valence-corrected chi connectivity index (χ0v) is 10.7. The summed E-state index contributed by atoms with van der Waals surface area (Å²) >= 11 is 0. The first-order valence-corrected chi connectivity index (χ1v) is 6.15. The smallest absolute Gasteiger partial charge is 0.305 e. The maximum absolute atomic E-state index is 10.9. The highest BCUT2D eigenvalue weighted by Crippen LogP contribution is 2.13. The summed E-state index contributed by atoms with van der Waals surface area (Å²) in [5.41, 5.74) is 1.09. The molecule has 0 atom stereocenters. The number of hydrogen-bond acceptors (Lipinski definition) is 4. The van der Waals surface area contributed by atoms with E-state index in [-0.39, 0.29) is 12.6 Å². The van der Waals surface area contributed by atoms with Crippen molar-refractivity contribution in [1.82, 2.24) is 0 Å². The summed E-state index contributed by atoms with van der Waals surface area (Å²) < 4.78 is 10.1. The molecule has 0 aliphatic carbocycles. The molecule has 0 unspecified atom stereocenters. The fourth-order valence-electron chi connectivity index (χ4n) is 1.54. The lowest BCUT2D eigenvalue weighted by Crippen LogP contribution is -2.02. The topological polar surface area (TPSA) is 55.8 Å². The Labute approximate surface area is 108 Å². The van der Waals surface area contributed by atoms with E-state index >= 15 is 0 Å². The van der Waals surface area contributed by atoms with E-state index in [2.05, 4.69) is 4.74 Å². The summed E-state index contributed by atoms with van der Waals surface area (Å²) in [6.07, 6.45) is 2.71. The summed E-state index contributed by atoms with van der Waals surface area (Å²) in [5.74, 6) is 0.637. The lowest BCUT2D eigenvalue weighted by molar-refractivity contribution is -0.140. The maximum atomic E-state index is 10.9. The molecule has 0 fully saturated rings. The minimum atomic E-state index is -0.177. The van der Waals surface area contributed by atoms with Crippen molar-refractivity contribution < 1.29 is 19.4 Å². The predicted molar refractivity (Wildman–Crippen MR) is 68.6 cm³/mol. The monoisotopic (exact) mass is 252 g/mol. The highest BCUT2D eigenvalue weighted by molar-refractivity contribution is 5.68. The van der Waals surface area contributed by atoms with Gasteiger partial charge in [0, 0.05) is 13.0 Å². The van der Waals surface area contributed by atoms with Gasteiger partial charge in [-0.25, -0.2) is 0 Å². The summed E-state index contributed by atoms with van der Waals surface area (Å²) in [7, 11) is 1.40. The van der Waals surface area contributed by atoms with E-state index in [4.69, 9.17) is 9.84 Å². The summed E-state index contributed by atoms with van der Waals surface area (Å²) in [5, 5.41) is 8.79. The molecule has 0 radical (unpaired) electrons. The molecule has 100 valence electrons. The number of esters is 1. The summed E-state index contributed by atoms with van der Waals surface area (Å²) in [4.78, 5) is 10.9. The van der Waals surface area contributed by atoms with Gasteiger partial charge in [-0.15, -0.1) is 0 Å². The van der Waals surface area contributed by atoms with Crippen LogP contribution in [0.1, 0.15) is 24.8 Å². The van der Waals surface area contributed by atoms with Crippen molar-refractivity contribution >= 4 is 5.97 Å². The van der Waals surface area contributed by atoms with Crippen molar-refractivity contribution in [3.05, 3.63) is 29.8 Å². The molecule has 1 aromatic rings. The molecule has 0 aliphatic heterocycles. The molecule has 0 saturated carbocycles. The number of hydrogen-bond donors (Lipinski definition) is 1. The Hall–Kier alpha value is -1.55. The largest absolute Gasteiger partial charge is 0.494 e. The third kappa shape index (κ3) is 5.68. The van der Waals surface area contributed by atoms with E-state index in [1.54, 1.807) is 0 Å². The van der Waals surface area contributed by atoms with Crippen LogP contribution >= 0.6 is 0 Å². The average Bonchev–Trinajstić information content (AvgIpc) is 2.40. The molecule has 0 saturated heterocycles. The van der Waals surface area contributed by atoms with Crippen molar-refractivity contribution in [3.63, 3.8) is 0 Å². The Kier molecular flexibility index (Phi) is 6.87. The number of benzene rings is 1. The lowest BCUT2D eigenvalue weighted by Gasteiger charge is -2.06. The van der Waals surface area contributed by atoms with Gasteiger partial charge in [0.25, 0.3) is 0 Å². The molecular weight excluding hydrogens is 232 g/mol. The minimum Gasteiger partial charge on any atom is -0.494 e. The Bertz CT molecular complexity index is 345. The van der Waals surface area contributed by atoms with Crippen LogP contribution in [-0.2, 0) is 16.0 Å². The number of rotatable bonds is 8. The van der Waals surface area contributed by atoms with E-state index in [1.165, 1.54) is 7.11 Å².